The highest BCUT2D eigenvalue weighted by Crippen LogP contribution is 2.26. The van der Waals surface area contributed by atoms with Crippen LogP contribution in [0, 0.1) is 5.82 Å². The summed E-state index contributed by atoms with van der Waals surface area (Å²) in [4.78, 5) is 23.1. The van der Waals surface area contributed by atoms with Crippen LogP contribution < -0.4 is 0 Å². The van der Waals surface area contributed by atoms with E-state index in [-0.39, 0.29) is 18.5 Å². The van der Waals surface area contributed by atoms with Gasteiger partial charge < -0.3 is 10.0 Å². The molecule has 1 aromatic carbocycles. The number of aromatic carboxylic acids is 1. The van der Waals surface area contributed by atoms with Crippen molar-refractivity contribution < 1.29 is 27.5 Å². The molecule has 1 saturated heterocycles. The van der Waals surface area contributed by atoms with Crippen LogP contribution in [0.4, 0.5) is 4.39 Å². The molecule has 0 bridgehead atoms. The van der Waals surface area contributed by atoms with Gasteiger partial charge in [-0.25, -0.2) is 17.6 Å². The van der Waals surface area contributed by atoms with Crippen molar-refractivity contribution in [3.8, 4) is 0 Å². The monoisotopic (exact) mass is 301 g/mol. The zero-order chi connectivity index (χ0) is 15.1. The second-order valence-electron chi connectivity index (χ2n) is 4.53. The Morgan fingerprint density at radius 3 is 2.55 bits per heavy atom. The van der Waals surface area contributed by atoms with Crippen LogP contribution in [0.15, 0.2) is 23.1 Å². The molecule has 2 rings (SSSR count). The minimum atomic E-state index is -4.15. The first-order chi connectivity index (χ1) is 9.25. The average Bonchev–Trinajstić information content (AvgIpc) is 2.70. The molecule has 0 saturated carbocycles. The van der Waals surface area contributed by atoms with Crippen LogP contribution in [0.25, 0.3) is 0 Å². The van der Waals surface area contributed by atoms with Gasteiger partial charge in [-0.2, -0.15) is 0 Å². The summed E-state index contributed by atoms with van der Waals surface area (Å²) < 4.78 is 38.3. The van der Waals surface area contributed by atoms with Gasteiger partial charge >= 0.3 is 5.97 Å². The minimum Gasteiger partial charge on any atom is -0.478 e. The highest BCUT2D eigenvalue weighted by Gasteiger charge is 2.41. The van der Waals surface area contributed by atoms with Crippen LogP contribution >= 0.6 is 0 Å². The van der Waals surface area contributed by atoms with Gasteiger partial charge in [0.1, 0.15) is 16.0 Å². The Labute approximate surface area is 114 Å². The van der Waals surface area contributed by atoms with Crippen LogP contribution in [0.2, 0.25) is 0 Å². The third kappa shape index (κ3) is 2.26. The molecular formula is C12H12FNO5S. The van der Waals surface area contributed by atoms with E-state index in [1.807, 2.05) is 0 Å². The van der Waals surface area contributed by atoms with Crippen LogP contribution in [0.3, 0.4) is 0 Å². The molecule has 1 atom stereocenters. The lowest BCUT2D eigenvalue weighted by atomic mass is 10.2. The number of hydrogen-bond acceptors (Lipinski definition) is 4. The molecule has 1 unspecified atom stereocenters. The van der Waals surface area contributed by atoms with E-state index in [4.69, 9.17) is 5.11 Å². The molecule has 1 aromatic rings. The van der Waals surface area contributed by atoms with Crippen molar-refractivity contribution >= 4 is 21.7 Å². The molecule has 6 nitrogen and oxygen atoms in total. The molecule has 20 heavy (non-hydrogen) atoms. The summed E-state index contributed by atoms with van der Waals surface area (Å²) in [5.41, 5.74) is -0.351. The quantitative estimate of drug-likeness (QED) is 0.879. The Balaban J connectivity index is 2.45. The van der Waals surface area contributed by atoms with Gasteiger partial charge in [-0.1, -0.05) is 0 Å². The van der Waals surface area contributed by atoms with Crippen molar-refractivity contribution in [3.63, 3.8) is 0 Å². The van der Waals surface area contributed by atoms with E-state index in [0.717, 1.165) is 12.1 Å². The highest BCUT2D eigenvalue weighted by molar-refractivity contribution is 7.92. The second-order valence-corrected chi connectivity index (χ2v) is 6.63. The number of likely N-dealkylation sites (tertiary alicyclic amines) is 1. The Morgan fingerprint density at radius 2 is 2.10 bits per heavy atom. The SMILES string of the molecule is CN1CCC(S(=O)(=O)c2ccc(C(=O)O)cc2F)C1=O. The fraction of sp³-hybridized carbons (Fsp3) is 0.333. The smallest absolute Gasteiger partial charge is 0.335 e. The Hall–Kier alpha value is -1.96. The first-order valence-corrected chi connectivity index (χ1v) is 7.31. The molecular weight excluding hydrogens is 289 g/mol. The second kappa shape index (κ2) is 4.86. The van der Waals surface area contributed by atoms with E-state index in [0.29, 0.717) is 6.07 Å². The van der Waals surface area contributed by atoms with Crippen molar-refractivity contribution in [3.05, 3.63) is 29.6 Å². The number of sulfone groups is 1. The number of carbonyl (C=O) groups is 2. The van der Waals surface area contributed by atoms with Gasteiger partial charge in [-0.05, 0) is 24.6 Å². The lowest BCUT2D eigenvalue weighted by Crippen LogP contribution is -2.32. The van der Waals surface area contributed by atoms with Gasteiger partial charge in [0.15, 0.2) is 9.84 Å². The van der Waals surface area contributed by atoms with Crippen molar-refractivity contribution in [1.82, 2.24) is 4.90 Å². The number of amides is 1. The van der Waals surface area contributed by atoms with Crippen LogP contribution in [0.1, 0.15) is 16.8 Å². The topological polar surface area (TPSA) is 91.8 Å². The molecule has 0 radical (unpaired) electrons. The molecule has 8 heteroatoms. The zero-order valence-electron chi connectivity index (χ0n) is 10.5. The molecule has 0 spiro atoms. The first kappa shape index (κ1) is 14.4. The summed E-state index contributed by atoms with van der Waals surface area (Å²) >= 11 is 0. The lowest BCUT2D eigenvalue weighted by molar-refractivity contribution is -0.126. The average molecular weight is 301 g/mol. The minimum absolute atomic E-state index is 0.0950. The van der Waals surface area contributed by atoms with Crippen molar-refractivity contribution in [2.75, 3.05) is 13.6 Å². The van der Waals surface area contributed by atoms with Crippen LogP contribution in [-0.2, 0) is 14.6 Å². The Kier molecular flexibility index (Phi) is 3.51. The molecule has 1 fully saturated rings. The summed E-state index contributed by atoms with van der Waals surface area (Å²) in [7, 11) is -2.68. The Bertz CT molecular complexity index is 685. The fourth-order valence-corrected chi connectivity index (χ4v) is 3.85. The maximum Gasteiger partial charge on any atom is 0.335 e. The number of halogens is 1. The van der Waals surface area contributed by atoms with Crippen LogP contribution in [0.5, 0.6) is 0 Å². The number of carbonyl (C=O) groups excluding carboxylic acids is 1. The van der Waals surface area contributed by atoms with E-state index in [9.17, 15) is 22.4 Å². The third-order valence-electron chi connectivity index (χ3n) is 3.24. The number of benzene rings is 1. The molecule has 0 aliphatic carbocycles. The van der Waals surface area contributed by atoms with Crippen molar-refractivity contribution in [1.29, 1.82) is 0 Å². The largest absolute Gasteiger partial charge is 0.478 e. The highest BCUT2D eigenvalue weighted by atomic mass is 32.2. The predicted molar refractivity (Wildman–Crippen MR) is 66.6 cm³/mol. The normalized spacial score (nSPS) is 19.4. The van der Waals surface area contributed by atoms with Gasteiger partial charge in [-0.15, -0.1) is 0 Å². The van der Waals surface area contributed by atoms with E-state index in [2.05, 4.69) is 0 Å². The summed E-state index contributed by atoms with van der Waals surface area (Å²) in [6, 6.07) is 2.53. The van der Waals surface area contributed by atoms with E-state index in [1.165, 1.54) is 11.9 Å². The van der Waals surface area contributed by atoms with Gasteiger partial charge in [0, 0.05) is 13.6 Å². The number of nitrogens with zero attached hydrogens (tertiary/aromatic N) is 1. The summed E-state index contributed by atoms with van der Waals surface area (Å²) in [5, 5.41) is 7.41. The fourth-order valence-electron chi connectivity index (χ4n) is 2.10. The lowest BCUT2D eigenvalue weighted by Gasteiger charge is -2.12. The standard InChI is InChI=1S/C12H12FNO5S/c1-14-5-4-10(11(14)15)20(18,19)9-3-2-7(12(16)17)6-8(9)13/h2-3,6,10H,4-5H2,1H3,(H,16,17). The summed E-state index contributed by atoms with van der Waals surface area (Å²) in [5.74, 6) is -3.09. The van der Waals surface area contributed by atoms with Gasteiger partial charge in [-0.3, -0.25) is 4.79 Å². The first-order valence-electron chi connectivity index (χ1n) is 5.77. The molecule has 1 aliphatic heterocycles. The number of carboxylic acid groups (broad SMARTS) is 1. The number of hydrogen-bond donors (Lipinski definition) is 1. The predicted octanol–water partition coefficient (Wildman–Crippen LogP) is 0.528. The van der Waals surface area contributed by atoms with Gasteiger partial charge in [0.25, 0.3) is 0 Å². The van der Waals surface area contributed by atoms with E-state index >= 15 is 0 Å². The third-order valence-corrected chi connectivity index (χ3v) is 5.37. The maximum absolute atomic E-state index is 13.8. The summed E-state index contributed by atoms with van der Waals surface area (Å²) in [6.07, 6.45) is 0.0950. The Morgan fingerprint density at radius 1 is 1.45 bits per heavy atom. The number of rotatable bonds is 3. The van der Waals surface area contributed by atoms with Crippen LogP contribution in [-0.4, -0.2) is 49.1 Å². The molecule has 1 heterocycles. The summed E-state index contributed by atoms with van der Waals surface area (Å²) in [6.45, 7) is 0.289. The van der Waals surface area contributed by atoms with Gasteiger partial charge in [0.05, 0.1) is 5.56 Å². The number of carboxylic acids is 1. The van der Waals surface area contributed by atoms with Crippen molar-refractivity contribution in [2.45, 2.75) is 16.6 Å². The van der Waals surface area contributed by atoms with E-state index in [1.54, 1.807) is 0 Å². The molecule has 1 amide bonds. The molecule has 1 N–H and O–H groups in total. The molecule has 108 valence electrons. The maximum atomic E-state index is 13.8. The zero-order valence-corrected chi connectivity index (χ0v) is 11.4. The van der Waals surface area contributed by atoms with Crippen molar-refractivity contribution in [2.24, 2.45) is 0 Å². The van der Waals surface area contributed by atoms with E-state index < -0.39 is 37.7 Å². The van der Waals surface area contributed by atoms with Gasteiger partial charge in [0.2, 0.25) is 5.91 Å². The molecule has 0 aromatic heterocycles. The molecule has 1 aliphatic rings.